The summed E-state index contributed by atoms with van der Waals surface area (Å²) in [5, 5.41) is 2.99. The van der Waals surface area contributed by atoms with Gasteiger partial charge in [-0.05, 0) is 43.4 Å². The van der Waals surface area contributed by atoms with Crippen molar-refractivity contribution in [2.45, 2.75) is 38.2 Å². The van der Waals surface area contributed by atoms with E-state index in [1.54, 1.807) is 0 Å². The van der Waals surface area contributed by atoms with E-state index >= 15 is 0 Å². The predicted molar refractivity (Wildman–Crippen MR) is 85.7 cm³/mol. The van der Waals surface area contributed by atoms with E-state index < -0.39 is 0 Å². The molecule has 1 heterocycles. The fraction of sp³-hybridized carbons (Fsp3) is 0.588. The molecule has 1 aliphatic rings. The predicted octanol–water partition coefficient (Wildman–Crippen LogP) is 2.37. The van der Waals surface area contributed by atoms with Crippen molar-refractivity contribution in [3.8, 4) is 0 Å². The molecule has 0 aliphatic carbocycles. The van der Waals surface area contributed by atoms with E-state index in [0.29, 0.717) is 13.0 Å². The second-order valence-corrected chi connectivity index (χ2v) is 5.85. The van der Waals surface area contributed by atoms with Gasteiger partial charge in [-0.3, -0.25) is 4.79 Å². The number of rotatable bonds is 6. The van der Waals surface area contributed by atoms with Crippen LogP contribution in [0.25, 0.3) is 0 Å². The molecule has 1 aromatic rings. The normalized spacial score (nSPS) is 18.3. The molecule has 0 aromatic heterocycles. The number of hydrogen-bond donors (Lipinski definition) is 1. The van der Waals surface area contributed by atoms with E-state index in [9.17, 15) is 4.79 Å². The molecule has 2 rings (SSSR count). The third-order valence-electron chi connectivity index (χ3n) is 3.88. The van der Waals surface area contributed by atoms with Crippen LogP contribution >= 0.6 is 0 Å². The molecule has 1 fully saturated rings. The second kappa shape index (κ2) is 8.03. The zero-order valence-corrected chi connectivity index (χ0v) is 13.1. The lowest BCUT2D eigenvalue weighted by molar-refractivity contribution is -0.124. The number of carbonyl (C=O) groups excluding carboxylic acids is 1. The van der Waals surface area contributed by atoms with Gasteiger partial charge in [-0.25, -0.2) is 0 Å². The molecular formula is C17H26N2O2. The molecule has 0 radical (unpaired) electrons. The monoisotopic (exact) mass is 290 g/mol. The molecule has 1 saturated heterocycles. The molecule has 0 bridgehead atoms. The summed E-state index contributed by atoms with van der Waals surface area (Å²) in [5.41, 5.74) is 2.44. The highest BCUT2D eigenvalue weighted by Crippen LogP contribution is 2.15. The van der Waals surface area contributed by atoms with Gasteiger partial charge in [0, 0.05) is 32.9 Å². The zero-order chi connectivity index (χ0) is 15.1. The standard InChI is InChI=1S/C17H26N2O2/c1-19(2)15-8-6-14(7-9-15)10-11-18-17(20)13-16-5-3-4-12-21-16/h6-9,16H,3-5,10-13H2,1-2H3,(H,18,20). The van der Waals surface area contributed by atoms with Gasteiger partial charge in [0.2, 0.25) is 5.91 Å². The minimum Gasteiger partial charge on any atom is -0.378 e. The Morgan fingerprint density at radius 2 is 2.05 bits per heavy atom. The van der Waals surface area contributed by atoms with Crippen molar-refractivity contribution in [3.05, 3.63) is 29.8 Å². The summed E-state index contributed by atoms with van der Waals surface area (Å²) in [6, 6.07) is 8.44. The van der Waals surface area contributed by atoms with E-state index in [-0.39, 0.29) is 12.0 Å². The van der Waals surface area contributed by atoms with Crippen LogP contribution in [0.3, 0.4) is 0 Å². The summed E-state index contributed by atoms with van der Waals surface area (Å²) in [6.45, 7) is 1.49. The van der Waals surface area contributed by atoms with Gasteiger partial charge in [-0.15, -0.1) is 0 Å². The number of nitrogens with zero attached hydrogens (tertiary/aromatic N) is 1. The minimum atomic E-state index is 0.104. The van der Waals surface area contributed by atoms with E-state index in [1.165, 1.54) is 17.7 Å². The Bertz CT molecular complexity index is 437. The van der Waals surface area contributed by atoms with Crippen LogP contribution in [-0.2, 0) is 16.0 Å². The van der Waals surface area contributed by atoms with Crippen molar-refractivity contribution in [3.63, 3.8) is 0 Å². The van der Waals surface area contributed by atoms with E-state index in [4.69, 9.17) is 4.74 Å². The first-order chi connectivity index (χ1) is 10.1. The van der Waals surface area contributed by atoms with Crippen molar-refractivity contribution in [2.75, 3.05) is 32.1 Å². The number of amides is 1. The lowest BCUT2D eigenvalue weighted by Gasteiger charge is -2.21. The molecule has 1 aliphatic heterocycles. The summed E-state index contributed by atoms with van der Waals surface area (Å²) in [6.07, 6.45) is 4.81. The third kappa shape index (κ3) is 5.38. The highest BCUT2D eigenvalue weighted by molar-refractivity contribution is 5.76. The van der Waals surface area contributed by atoms with Crippen molar-refractivity contribution in [1.82, 2.24) is 5.32 Å². The van der Waals surface area contributed by atoms with Crippen molar-refractivity contribution >= 4 is 11.6 Å². The van der Waals surface area contributed by atoms with Gasteiger partial charge in [0.05, 0.1) is 12.5 Å². The van der Waals surface area contributed by atoms with Crippen LogP contribution in [0.5, 0.6) is 0 Å². The topological polar surface area (TPSA) is 41.6 Å². The molecule has 1 unspecified atom stereocenters. The van der Waals surface area contributed by atoms with Gasteiger partial charge in [-0.2, -0.15) is 0 Å². The van der Waals surface area contributed by atoms with Crippen molar-refractivity contribution in [1.29, 1.82) is 0 Å². The van der Waals surface area contributed by atoms with Crippen LogP contribution in [0.15, 0.2) is 24.3 Å². The first-order valence-electron chi connectivity index (χ1n) is 7.80. The van der Waals surface area contributed by atoms with Gasteiger partial charge in [0.1, 0.15) is 0 Å². The number of nitrogens with one attached hydrogen (secondary N) is 1. The summed E-state index contributed by atoms with van der Waals surface area (Å²) >= 11 is 0. The van der Waals surface area contributed by atoms with Gasteiger partial charge in [0.15, 0.2) is 0 Å². The maximum atomic E-state index is 11.8. The number of carbonyl (C=O) groups is 1. The quantitative estimate of drug-likeness (QED) is 0.874. The highest BCUT2D eigenvalue weighted by atomic mass is 16.5. The lowest BCUT2D eigenvalue weighted by atomic mass is 10.1. The Balaban J connectivity index is 1.67. The highest BCUT2D eigenvalue weighted by Gasteiger charge is 2.17. The Morgan fingerprint density at radius 3 is 2.67 bits per heavy atom. The number of benzene rings is 1. The molecule has 4 heteroatoms. The van der Waals surface area contributed by atoms with Gasteiger partial charge in [-0.1, -0.05) is 12.1 Å². The molecule has 0 spiro atoms. The Labute approximate surface area is 127 Å². The lowest BCUT2D eigenvalue weighted by Crippen LogP contribution is -2.31. The smallest absolute Gasteiger partial charge is 0.222 e. The van der Waals surface area contributed by atoms with E-state index in [1.807, 2.05) is 14.1 Å². The maximum absolute atomic E-state index is 11.8. The molecule has 116 valence electrons. The average Bonchev–Trinajstić information content (AvgIpc) is 2.49. The van der Waals surface area contributed by atoms with Crippen molar-refractivity contribution in [2.24, 2.45) is 0 Å². The van der Waals surface area contributed by atoms with Crippen LogP contribution in [-0.4, -0.2) is 39.3 Å². The molecule has 1 N–H and O–H groups in total. The average molecular weight is 290 g/mol. The maximum Gasteiger partial charge on any atom is 0.222 e. The van der Waals surface area contributed by atoms with E-state index in [2.05, 4.69) is 34.5 Å². The zero-order valence-electron chi connectivity index (χ0n) is 13.1. The molecule has 0 saturated carbocycles. The summed E-state index contributed by atoms with van der Waals surface area (Å²) in [7, 11) is 4.06. The molecule has 4 nitrogen and oxygen atoms in total. The minimum absolute atomic E-state index is 0.104. The van der Waals surface area contributed by atoms with Crippen LogP contribution in [0.2, 0.25) is 0 Å². The van der Waals surface area contributed by atoms with Crippen LogP contribution < -0.4 is 10.2 Å². The molecule has 1 amide bonds. The molecule has 1 atom stereocenters. The summed E-state index contributed by atoms with van der Waals surface area (Å²) < 4.78 is 5.58. The van der Waals surface area contributed by atoms with Crippen LogP contribution in [0, 0.1) is 0 Å². The van der Waals surface area contributed by atoms with Gasteiger partial charge >= 0.3 is 0 Å². The SMILES string of the molecule is CN(C)c1ccc(CCNC(=O)CC2CCCCO2)cc1. The Hall–Kier alpha value is -1.55. The number of anilines is 1. The Kier molecular flexibility index (Phi) is 6.05. The van der Waals surface area contributed by atoms with E-state index in [0.717, 1.165) is 25.9 Å². The van der Waals surface area contributed by atoms with Crippen LogP contribution in [0.1, 0.15) is 31.2 Å². The van der Waals surface area contributed by atoms with Gasteiger partial charge in [0.25, 0.3) is 0 Å². The third-order valence-corrected chi connectivity index (χ3v) is 3.88. The first kappa shape index (κ1) is 15.8. The fourth-order valence-corrected chi connectivity index (χ4v) is 2.55. The van der Waals surface area contributed by atoms with Gasteiger partial charge < -0.3 is 15.0 Å². The number of ether oxygens (including phenoxy) is 1. The summed E-state index contributed by atoms with van der Waals surface area (Å²) in [5.74, 6) is 0.104. The molecule has 21 heavy (non-hydrogen) atoms. The molecular weight excluding hydrogens is 264 g/mol. The first-order valence-corrected chi connectivity index (χ1v) is 7.80. The molecule has 1 aromatic carbocycles. The van der Waals surface area contributed by atoms with Crippen molar-refractivity contribution < 1.29 is 9.53 Å². The fourth-order valence-electron chi connectivity index (χ4n) is 2.55. The summed E-state index contributed by atoms with van der Waals surface area (Å²) in [4.78, 5) is 13.9. The largest absolute Gasteiger partial charge is 0.378 e. The van der Waals surface area contributed by atoms with Crippen LogP contribution in [0.4, 0.5) is 5.69 Å². The second-order valence-electron chi connectivity index (χ2n) is 5.85. The number of hydrogen-bond acceptors (Lipinski definition) is 3. The Morgan fingerprint density at radius 1 is 1.29 bits per heavy atom.